The van der Waals surface area contributed by atoms with E-state index in [2.05, 4.69) is 10.0 Å². The van der Waals surface area contributed by atoms with Gasteiger partial charge in [0.25, 0.3) is 15.9 Å². The number of nitrogens with one attached hydrogen (secondary N) is 2. The molecule has 4 aromatic carbocycles. The number of hydrogen-bond acceptors (Lipinski definition) is 5. The molecule has 0 saturated heterocycles. The molecule has 4 rings (SSSR count). The maximum atomic E-state index is 12.6. The third-order valence-corrected chi connectivity index (χ3v) is 6.35. The Balaban J connectivity index is 1.33. The molecule has 1 amide bonds. The van der Waals surface area contributed by atoms with Gasteiger partial charge in [-0.25, -0.2) is 8.42 Å². The van der Waals surface area contributed by atoms with Crippen LogP contribution in [0.3, 0.4) is 0 Å². The molecule has 0 aliphatic carbocycles. The van der Waals surface area contributed by atoms with Crippen LogP contribution in [0.5, 0.6) is 11.5 Å². The molecule has 0 radical (unpaired) electrons. The molecule has 0 aliphatic rings. The number of carbonyl (C=O) groups excluding carboxylic acids is 1. The van der Waals surface area contributed by atoms with Gasteiger partial charge in [-0.1, -0.05) is 30.3 Å². The Morgan fingerprint density at radius 3 is 2.12 bits per heavy atom. The molecule has 0 fully saturated rings. The van der Waals surface area contributed by atoms with Crippen molar-refractivity contribution in [2.45, 2.75) is 11.8 Å². The zero-order chi connectivity index (χ0) is 24.0. The highest BCUT2D eigenvalue weighted by molar-refractivity contribution is 7.92. The zero-order valence-electron chi connectivity index (χ0n) is 18.5. The maximum absolute atomic E-state index is 12.6. The van der Waals surface area contributed by atoms with Gasteiger partial charge >= 0.3 is 0 Å². The van der Waals surface area contributed by atoms with Crippen molar-refractivity contribution in [3.63, 3.8) is 0 Å². The summed E-state index contributed by atoms with van der Waals surface area (Å²) in [7, 11) is -3.78. The fraction of sp³-hybridized carbons (Fsp3) is 0.115. The molecule has 8 heteroatoms. The molecule has 0 bridgehead atoms. The van der Waals surface area contributed by atoms with E-state index in [1.807, 2.05) is 49.4 Å². The summed E-state index contributed by atoms with van der Waals surface area (Å²) in [6, 6.07) is 26.1. The molecular formula is C26H24N2O5S. The van der Waals surface area contributed by atoms with Crippen LogP contribution in [0.25, 0.3) is 10.8 Å². The molecule has 0 heterocycles. The van der Waals surface area contributed by atoms with Crippen molar-refractivity contribution in [3.05, 3.63) is 91.0 Å². The van der Waals surface area contributed by atoms with E-state index in [1.54, 1.807) is 24.3 Å². The minimum atomic E-state index is -3.78. The normalized spacial score (nSPS) is 11.1. The summed E-state index contributed by atoms with van der Waals surface area (Å²) < 4.78 is 38.8. The summed E-state index contributed by atoms with van der Waals surface area (Å²) in [4.78, 5) is 12.3. The maximum Gasteiger partial charge on any atom is 0.262 e. The largest absolute Gasteiger partial charge is 0.494 e. The summed E-state index contributed by atoms with van der Waals surface area (Å²) in [5.74, 6) is 0.905. The number of rotatable bonds is 9. The van der Waals surface area contributed by atoms with Crippen molar-refractivity contribution in [1.82, 2.24) is 0 Å². The van der Waals surface area contributed by atoms with Gasteiger partial charge in [-0.15, -0.1) is 0 Å². The van der Waals surface area contributed by atoms with Gasteiger partial charge in [0.2, 0.25) is 0 Å². The third-order valence-electron chi connectivity index (χ3n) is 4.96. The van der Waals surface area contributed by atoms with E-state index in [1.165, 1.54) is 24.3 Å². The van der Waals surface area contributed by atoms with Gasteiger partial charge in [-0.05, 0) is 78.4 Å². The summed E-state index contributed by atoms with van der Waals surface area (Å²) in [6.07, 6.45) is 0. The van der Waals surface area contributed by atoms with E-state index in [0.29, 0.717) is 29.5 Å². The Bertz CT molecular complexity index is 1390. The minimum absolute atomic E-state index is 0.0757. The second-order valence-corrected chi connectivity index (χ2v) is 9.12. The number of benzene rings is 4. The first kappa shape index (κ1) is 23.1. The monoisotopic (exact) mass is 476 g/mol. The van der Waals surface area contributed by atoms with Crippen LogP contribution >= 0.6 is 0 Å². The van der Waals surface area contributed by atoms with E-state index in [9.17, 15) is 13.2 Å². The van der Waals surface area contributed by atoms with Crippen LogP contribution < -0.4 is 19.5 Å². The predicted octanol–water partition coefficient (Wildman–Crippen LogP) is 5.06. The molecule has 34 heavy (non-hydrogen) atoms. The van der Waals surface area contributed by atoms with E-state index >= 15 is 0 Å². The Kier molecular flexibility index (Phi) is 6.98. The first-order valence-electron chi connectivity index (χ1n) is 10.7. The van der Waals surface area contributed by atoms with Crippen molar-refractivity contribution in [1.29, 1.82) is 0 Å². The SMILES string of the molecule is CCOc1ccc(NS(=O)(=O)c2ccc(NC(=O)COc3ccc4ccccc4c3)cc2)cc1. The number of sulfonamides is 1. The molecule has 0 saturated carbocycles. The Labute approximate surface area is 198 Å². The number of fused-ring (bicyclic) bond motifs is 1. The molecule has 174 valence electrons. The summed E-state index contributed by atoms with van der Waals surface area (Å²) in [5, 5.41) is 4.82. The van der Waals surface area contributed by atoms with Crippen LogP contribution in [-0.4, -0.2) is 27.5 Å². The third kappa shape index (κ3) is 5.85. The lowest BCUT2D eigenvalue weighted by Gasteiger charge is -2.11. The lowest BCUT2D eigenvalue weighted by atomic mass is 10.1. The Morgan fingerprint density at radius 1 is 0.765 bits per heavy atom. The van der Waals surface area contributed by atoms with Gasteiger partial charge in [0, 0.05) is 11.4 Å². The van der Waals surface area contributed by atoms with Crippen LogP contribution in [0.1, 0.15) is 6.92 Å². The van der Waals surface area contributed by atoms with Gasteiger partial charge < -0.3 is 14.8 Å². The van der Waals surface area contributed by atoms with Gasteiger partial charge in [0.05, 0.1) is 11.5 Å². The lowest BCUT2D eigenvalue weighted by Crippen LogP contribution is -2.20. The van der Waals surface area contributed by atoms with Gasteiger partial charge in [0.1, 0.15) is 11.5 Å². The molecular weight excluding hydrogens is 452 g/mol. The smallest absolute Gasteiger partial charge is 0.262 e. The number of carbonyl (C=O) groups is 1. The second kappa shape index (κ2) is 10.3. The average molecular weight is 477 g/mol. The molecule has 7 nitrogen and oxygen atoms in total. The van der Waals surface area contributed by atoms with E-state index in [-0.39, 0.29) is 17.4 Å². The molecule has 4 aromatic rings. The Hall–Kier alpha value is -4.04. The van der Waals surface area contributed by atoms with Gasteiger partial charge in [0.15, 0.2) is 6.61 Å². The molecule has 0 atom stereocenters. The second-order valence-electron chi connectivity index (χ2n) is 7.43. The number of anilines is 2. The van der Waals surface area contributed by atoms with E-state index in [0.717, 1.165) is 10.8 Å². The van der Waals surface area contributed by atoms with Crippen molar-refractivity contribution in [2.24, 2.45) is 0 Å². The first-order chi connectivity index (χ1) is 16.4. The zero-order valence-corrected chi connectivity index (χ0v) is 19.3. The molecule has 2 N–H and O–H groups in total. The first-order valence-corrected chi connectivity index (χ1v) is 12.2. The molecule has 0 spiro atoms. The van der Waals surface area contributed by atoms with Crippen LogP contribution in [0.4, 0.5) is 11.4 Å². The number of ether oxygens (including phenoxy) is 2. The molecule has 0 unspecified atom stereocenters. The highest BCUT2D eigenvalue weighted by Gasteiger charge is 2.14. The highest BCUT2D eigenvalue weighted by Crippen LogP contribution is 2.22. The van der Waals surface area contributed by atoms with E-state index in [4.69, 9.17) is 9.47 Å². The summed E-state index contributed by atoms with van der Waals surface area (Å²) >= 11 is 0. The quantitative estimate of drug-likeness (QED) is 0.352. The van der Waals surface area contributed by atoms with Crippen molar-refractivity contribution >= 4 is 38.1 Å². The van der Waals surface area contributed by atoms with Crippen LogP contribution in [0.15, 0.2) is 95.9 Å². The summed E-state index contributed by atoms with van der Waals surface area (Å²) in [6.45, 7) is 2.24. The van der Waals surface area contributed by atoms with Crippen LogP contribution in [0, 0.1) is 0 Å². The summed E-state index contributed by atoms with van der Waals surface area (Å²) in [5.41, 5.74) is 0.888. The standard InChI is InChI=1S/C26H24N2O5S/c1-2-32-23-13-8-22(9-14-23)28-34(30,31)25-15-10-21(11-16-25)27-26(29)18-33-24-12-7-19-5-3-4-6-20(19)17-24/h3-17,28H,2,18H2,1H3,(H,27,29). The highest BCUT2D eigenvalue weighted by atomic mass is 32.2. The van der Waals surface area contributed by atoms with Crippen molar-refractivity contribution in [2.75, 3.05) is 23.3 Å². The van der Waals surface area contributed by atoms with Crippen LogP contribution in [-0.2, 0) is 14.8 Å². The predicted molar refractivity (Wildman–Crippen MR) is 133 cm³/mol. The van der Waals surface area contributed by atoms with Gasteiger partial charge in [-0.2, -0.15) is 0 Å². The lowest BCUT2D eigenvalue weighted by molar-refractivity contribution is -0.118. The van der Waals surface area contributed by atoms with Crippen LogP contribution in [0.2, 0.25) is 0 Å². The minimum Gasteiger partial charge on any atom is -0.494 e. The van der Waals surface area contributed by atoms with Crippen molar-refractivity contribution < 1.29 is 22.7 Å². The number of amides is 1. The van der Waals surface area contributed by atoms with E-state index < -0.39 is 10.0 Å². The fourth-order valence-electron chi connectivity index (χ4n) is 3.32. The molecule has 0 aliphatic heterocycles. The fourth-order valence-corrected chi connectivity index (χ4v) is 4.38. The number of hydrogen-bond donors (Lipinski definition) is 2. The topological polar surface area (TPSA) is 93.7 Å². The van der Waals surface area contributed by atoms with Crippen molar-refractivity contribution in [3.8, 4) is 11.5 Å². The van der Waals surface area contributed by atoms with Gasteiger partial charge in [-0.3, -0.25) is 9.52 Å². The molecule has 0 aromatic heterocycles. The average Bonchev–Trinajstić information content (AvgIpc) is 2.84. The Morgan fingerprint density at radius 2 is 1.41 bits per heavy atom.